The van der Waals surface area contributed by atoms with E-state index in [1.807, 2.05) is 0 Å². The number of halogens is 1. The fraction of sp³-hybridized carbons (Fsp3) is 0.133. The summed E-state index contributed by atoms with van der Waals surface area (Å²) in [6.45, 7) is 1.61. The Balaban J connectivity index is 2.24. The number of ether oxygens (including phenoxy) is 1. The van der Waals surface area contributed by atoms with E-state index in [4.69, 9.17) is 16.3 Å². The molecule has 0 heterocycles. The lowest BCUT2D eigenvalue weighted by atomic mass is 10.1. The number of aryl methyl sites for hydroxylation is 1. The first-order valence-corrected chi connectivity index (χ1v) is 6.70. The van der Waals surface area contributed by atoms with Crippen molar-refractivity contribution in [2.45, 2.75) is 6.92 Å². The number of nitrogens with zero attached hydrogens (tertiary/aromatic N) is 1. The van der Waals surface area contributed by atoms with Gasteiger partial charge in [0, 0.05) is 22.9 Å². The van der Waals surface area contributed by atoms with Crippen LogP contribution in [0.1, 0.15) is 15.9 Å². The van der Waals surface area contributed by atoms with Gasteiger partial charge in [0.25, 0.3) is 11.6 Å². The van der Waals surface area contributed by atoms with Crippen LogP contribution in [0.2, 0.25) is 5.02 Å². The lowest BCUT2D eigenvalue weighted by molar-refractivity contribution is -0.385. The zero-order valence-electron chi connectivity index (χ0n) is 11.9. The molecule has 0 fully saturated rings. The molecular formula is C15H13ClN2O4. The van der Waals surface area contributed by atoms with Crippen molar-refractivity contribution >= 4 is 28.9 Å². The molecule has 22 heavy (non-hydrogen) atoms. The molecule has 114 valence electrons. The van der Waals surface area contributed by atoms with Gasteiger partial charge in [-0.15, -0.1) is 0 Å². The molecule has 0 aliphatic rings. The summed E-state index contributed by atoms with van der Waals surface area (Å²) in [4.78, 5) is 22.6. The molecule has 0 saturated heterocycles. The largest absolute Gasteiger partial charge is 0.495 e. The van der Waals surface area contributed by atoms with Crippen molar-refractivity contribution in [3.05, 3.63) is 62.7 Å². The lowest BCUT2D eigenvalue weighted by Gasteiger charge is -2.08. The highest BCUT2D eigenvalue weighted by Gasteiger charge is 2.15. The van der Waals surface area contributed by atoms with E-state index in [9.17, 15) is 14.9 Å². The smallest absolute Gasteiger partial charge is 0.273 e. The van der Waals surface area contributed by atoms with Gasteiger partial charge in [-0.1, -0.05) is 17.7 Å². The van der Waals surface area contributed by atoms with Crippen LogP contribution in [-0.4, -0.2) is 17.9 Å². The molecule has 2 aromatic carbocycles. The minimum absolute atomic E-state index is 0.0968. The Morgan fingerprint density at radius 2 is 2.00 bits per heavy atom. The van der Waals surface area contributed by atoms with Gasteiger partial charge >= 0.3 is 0 Å². The standard InChI is InChI=1S/C15H13ClN2O4/c1-9-3-4-10(7-13(9)18(20)21)15(19)17-11-5-6-14(22-2)12(16)8-11/h3-8H,1-2H3,(H,17,19). The number of hydrogen-bond acceptors (Lipinski definition) is 4. The fourth-order valence-electron chi connectivity index (χ4n) is 1.89. The van der Waals surface area contributed by atoms with Gasteiger partial charge in [0.2, 0.25) is 0 Å². The molecule has 0 spiro atoms. The average molecular weight is 321 g/mol. The molecule has 0 atom stereocenters. The Morgan fingerprint density at radius 1 is 1.27 bits per heavy atom. The zero-order valence-corrected chi connectivity index (χ0v) is 12.7. The number of nitro groups is 1. The summed E-state index contributed by atoms with van der Waals surface area (Å²) in [6.07, 6.45) is 0. The Kier molecular flexibility index (Phi) is 4.62. The molecule has 1 amide bonds. The van der Waals surface area contributed by atoms with E-state index in [1.165, 1.54) is 25.3 Å². The second-order valence-corrected chi connectivity index (χ2v) is 4.97. The molecule has 2 aromatic rings. The molecule has 7 heteroatoms. The molecule has 1 N–H and O–H groups in total. The van der Waals surface area contributed by atoms with Gasteiger partial charge in [-0.05, 0) is 31.2 Å². The molecule has 0 saturated carbocycles. The number of nitro benzene ring substituents is 1. The number of nitrogens with one attached hydrogen (secondary N) is 1. The van der Waals surface area contributed by atoms with Crippen molar-refractivity contribution in [2.75, 3.05) is 12.4 Å². The summed E-state index contributed by atoms with van der Waals surface area (Å²) in [6, 6.07) is 9.11. The van der Waals surface area contributed by atoms with Crippen molar-refractivity contribution in [3.63, 3.8) is 0 Å². The van der Waals surface area contributed by atoms with E-state index >= 15 is 0 Å². The van der Waals surface area contributed by atoms with E-state index in [2.05, 4.69) is 5.32 Å². The molecule has 6 nitrogen and oxygen atoms in total. The predicted octanol–water partition coefficient (Wildman–Crippen LogP) is 3.82. The molecule has 0 bridgehead atoms. The van der Waals surface area contributed by atoms with Crippen LogP contribution in [0.4, 0.5) is 11.4 Å². The van der Waals surface area contributed by atoms with Gasteiger partial charge < -0.3 is 10.1 Å². The highest BCUT2D eigenvalue weighted by Crippen LogP contribution is 2.27. The Hall–Kier alpha value is -2.60. The maximum Gasteiger partial charge on any atom is 0.273 e. The molecular weight excluding hydrogens is 308 g/mol. The van der Waals surface area contributed by atoms with E-state index in [0.717, 1.165) is 0 Å². The van der Waals surface area contributed by atoms with Gasteiger partial charge in [-0.3, -0.25) is 14.9 Å². The van der Waals surface area contributed by atoms with E-state index in [1.54, 1.807) is 25.1 Å². The van der Waals surface area contributed by atoms with Crippen molar-refractivity contribution in [1.29, 1.82) is 0 Å². The van der Waals surface area contributed by atoms with E-state index in [0.29, 0.717) is 22.0 Å². The van der Waals surface area contributed by atoms with Crippen LogP contribution in [0.25, 0.3) is 0 Å². The highest BCUT2D eigenvalue weighted by molar-refractivity contribution is 6.32. The van der Waals surface area contributed by atoms with Crippen molar-refractivity contribution in [3.8, 4) is 5.75 Å². The summed E-state index contributed by atoms with van der Waals surface area (Å²) in [5.74, 6) is 0.0370. The second kappa shape index (κ2) is 6.44. The Bertz CT molecular complexity index is 746. The molecule has 0 aliphatic carbocycles. The SMILES string of the molecule is COc1ccc(NC(=O)c2ccc(C)c([N+](=O)[O-])c2)cc1Cl. The van der Waals surface area contributed by atoms with Crippen molar-refractivity contribution in [2.24, 2.45) is 0 Å². The van der Waals surface area contributed by atoms with Crippen molar-refractivity contribution < 1.29 is 14.5 Å². The van der Waals surface area contributed by atoms with Crippen molar-refractivity contribution in [1.82, 2.24) is 0 Å². The number of carbonyl (C=O) groups excluding carboxylic acids is 1. The zero-order chi connectivity index (χ0) is 16.3. The summed E-state index contributed by atoms with van der Waals surface area (Å²) < 4.78 is 5.03. The first-order chi connectivity index (χ1) is 10.4. The van der Waals surface area contributed by atoms with Gasteiger partial charge in [0.05, 0.1) is 17.1 Å². The quantitative estimate of drug-likeness (QED) is 0.686. The highest BCUT2D eigenvalue weighted by atomic mass is 35.5. The Morgan fingerprint density at radius 3 is 2.59 bits per heavy atom. The van der Waals surface area contributed by atoms with Crippen LogP contribution in [0.5, 0.6) is 5.75 Å². The summed E-state index contributed by atoms with van der Waals surface area (Å²) >= 11 is 5.98. The first-order valence-electron chi connectivity index (χ1n) is 6.32. The van der Waals surface area contributed by atoms with Gasteiger partial charge in [-0.2, -0.15) is 0 Å². The third-order valence-corrected chi connectivity index (χ3v) is 3.37. The maximum atomic E-state index is 12.2. The fourth-order valence-corrected chi connectivity index (χ4v) is 2.15. The number of amides is 1. The Labute approximate surface area is 131 Å². The number of methoxy groups -OCH3 is 1. The van der Waals surface area contributed by atoms with Gasteiger partial charge in [0.15, 0.2) is 0 Å². The van der Waals surface area contributed by atoms with Gasteiger partial charge in [0.1, 0.15) is 5.75 Å². The van der Waals surface area contributed by atoms with Crippen LogP contribution in [0, 0.1) is 17.0 Å². The number of carbonyl (C=O) groups is 1. The summed E-state index contributed by atoms with van der Waals surface area (Å²) in [5.41, 5.74) is 1.07. The van der Waals surface area contributed by atoms with Crippen LogP contribution >= 0.6 is 11.6 Å². The topological polar surface area (TPSA) is 81.5 Å². The minimum atomic E-state index is -0.517. The molecule has 2 rings (SSSR count). The minimum Gasteiger partial charge on any atom is -0.495 e. The molecule has 0 radical (unpaired) electrons. The van der Waals surface area contributed by atoms with Crippen LogP contribution in [0.15, 0.2) is 36.4 Å². The van der Waals surface area contributed by atoms with Crippen LogP contribution in [-0.2, 0) is 0 Å². The normalized spacial score (nSPS) is 10.1. The third-order valence-electron chi connectivity index (χ3n) is 3.08. The molecule has 0 aliphatic heterocycles. The van der Waals surface area contributed by atoms with E-state index < -0.39 is 10.8 Å². The van der Waals surface area contributed by atoms with Crippen LogP contribution in [0.3, 0.4) is 0 Å². The monoisotopic (exact) mass is 320 g/mol. The lowest BCUT2D eigenvalue weighted by Crippen LogP contribution is -2.12. The molecule has 0 unspecified atom stereocenters. The number of rotatable bonds is 4. The van der Waals surface area contributed by atoms with Crippen LogP contribution < -0.4 is 10.1 Å². The first kappa shape index (κ1) is 15.8. The summed E-state index contributed by atoms with van der Waals surface area (Å²) in [5, 5.41) is 13.9. The predicted molar refractivity (Wildman–Crippen MR) is 83.8 cm³/mol. The number of benzene rings is 2. The third kappa shape index (κ3) is 3.35. The van der Waals surface area contributed by atoms with E-state index in [-0.39, 0.29) is 11.3 Å². The number of anilines is 1. The maximum absolute atomic E-state index is 12.2. The average Bonchev–Trinajstić information content (AvgIpc) is 2.47. The number of hydrogen-bond donors (Lipinski definition) is 1. The second-order valence-electron chi connectivity index (χ2n) is 4.56. The summed E-state index contributed by atoms with van der Waals surface area (Å²) in [7, 11) is 1.49. The van der Waals surface area contributed by atoms with Gasteiger partial charge in [-0.25, -0.2) is 0 Å². The molecule has 0 aromatic heterocycles.